The van der Waals surface area contributed by atoms with Crippen molar-refractivity contribution in [1.29, 1.82) is 0 Å². The molecule has 0 heterocycles. The summed E-state index contributed by atoms with van der Waals surface area (Å²) in [6.07, 6.45) is 0. The maximum Gasteiger partial charge on any atom is 0.373 e. The van der Waals surface area contributed by atoms with E-state index in [1.165, 1.54) is 5.80 Å². The topological polar surface area (TPSA) is 26.3 Å². The zero-order chi connectivity index (χ0) is 8.81. The predicted octanol–water partition coefficient (Wildman–Crippen LogP) is 1.41. The van der Waals surface area contributed by atoms with Gasteiger partial charge in [0.25, 0.3) is 0 Å². The lowest BCUT2D eigenvalue weighted by atomic mass is 10.2. The summed E-state index contributed by atoms with van der Waals surface area (Å²) in [5, 5.41) is 0. The van der Waals surface area contributed by atoms with Crippen LogP contribution < -0.4 is 0 Å². The molecule has 1 aromatic carbocycles. The molecule has 0 radical (unpaired) electrons. The molecule has 1 unspecified atom stereocenters. The fraction of sp³-hybridized carbons (Fsp3) is 0.111. The lowest BCUT2D eigenvalue weighted by molar-refractivity contribution is -0.136. The highest BCUT2D eigenvalue weighted by Crippen LogP contribution is 1.99. The van der Waals surface area contributed by atoms with Gasteiger partial charge in [-0.2, -0.15) is 0 Å². The molecule has 0 aromatic heterocycles. The minimum atomic E-state index is -0.316. The van der Waals surface area contributed by atoms with Gasteiger partial charge in [-0.3, -0.25) is 0 Å². The number of carbonyl (C=O) groups excluding carboxylic acids is 1. The Labute approximate surface area is 73.4 Å². The Bertz CT molecular complexity index is 269. The molecule has 1 rings (SSSR count). The monoisotopic (exact) mass is 181 g/mol. The molecule has 0 saturated carbocycles. The van der Waals surface area contributed by atoms with E-state index in [0.717, 1.165) is 5.56 Å². The van der Waals surface area contributed by atoms with Gasteiger partial charge in [0.15, 0.2) is 5.80 Å². The Morgan fingerprint density at radius 3 is 2.67 bits per heavy atom. The molecule has 0 aliphatic rings. The highest BCUT2D eigenvalue weighted by Gasteiger charge is 1.98. The van der Waals surface area contributed by atoms with Gasteiger partial charge < -0.3 is 4.74 Å². The van der Waals surface area contributed by atoms with Gasteiger partial charge in [0.1, 0.15) is 6.61 Å². The second-order valence-corrected chi connectivity index (χ2v) is 2.59. The van der Waals surface area contributed by atoms with Crippen molar-refractivity contribution >= 4 is 20.6 Å². The van der Waals surface area contributed by atoms with E-state index in [-0.39, 0.29) is 5.97 Å². The van der Waals surface area contributed by atoms with Crippen molar-refractivity contribution in [2.24, 2.45) is 0 Å². The van der Waals surface area contributed by atoms with E-state index in [1.807, 2.05) is 30.3 Å². The lowest BCUT2D eigenvalue weighted by Crippen LogP contribution is -2.03. The number of benzene rings is 1. The van der Waals surface area contributed by atoms with Crippen LogP contribution in [0.4, 0.5) is 0 Å². The smallest absolute Gasteiger partial charge is 0.373 e. The first kappa shape index (κ1) is 8.95. The molecular formula is C9H10O2P+. The van der Waals surface area contributed by atoms with Gasteiger partial charge in [0.2, 0.25) is 0 Å². The van der Waals surface area contributed by atoms with Crippen LogP contribution in [-0.2, 0) is 16.1 Å². The maximum atomic E-state index is 10.7. The number of hydrogen-bond acceptors (Lipinski definition) is 2. The van der Waals surface area contributed by atoms with Crippen LogP contribution in [0, 0.1) is 0 Å². The quantitative estimate of drug-likeness (QED) is 0.520. The van der Waals surface area contributed by atoms with Gasteiger partial charge in [-0.05, 0) is 5.56 Å². The van der Waals surface area contributed by atoms with E-state index in [2.05, 4.69) is 8.86 Å². The van der Waals surface area contributed by atoms with E-state index in [9.17, 15) is 4.79 Å². The number of carbonyl (C=O) groups is 1. The normalized spacial score (nSPS) is 9.00. The molecule has 0 saturated heterocycles. The molecule has 0 aliphatic carbocycles. The summed E-state index contributed by atoms with van der Waals surface area (Å²) in [5.41, 5.74) is 0.998. The van der Waals surface area contributed by atoms with Crippen molar-refractivity contribution in [2.75, 3.05) is 0 Å². The number of esters is 1. The van der Waals surface area contributed by atoms with Crippen LogP contribution in [0.1, 0.15) is 5.56 Å². The molecule has 3 heteroatoms. The summed E-state index contributed by atoms with van der Waals surface area (Å²) >= 11 is 0. The second kappa shape index (κ2) is 4.68. The third-order valence-electron chi connectivity index (χ3n) is 1.36. The van der Waals surface area contributed by atoms with Crippen molar-refractivity contribution in [3.63, 3.8) is 0 Å². The van der Waals surface area contributed by atoms with E-state index >= 15 is 0 Å². The standard InChI is InChI=1S/C9H9O2P/c10-9(7-12)11-6-8-4-2-1-3-5-8/h1-5,7,12H,6H2/p+1. The van der Waals surface area contributed by atoms with Crippen molar-refractivity contribution in [2.45, 2.75) is 6.61 Å². The van der Waals surface area contributed by atoms with Crippen LogP contribution in [0.5, 0.6) is 0 Å². The summed E-state index contributed by atoms with van der Waals surface area (Å²) in [6.45, 7) is 0.338. The van der Waals surface area contributed by atoms with Crippen LogP contribution >= 0.6 is 8.86 Å². The Morgan fingerprint density at radius 1 is 1.42 bits per heavy atom. The van der Waals surface area contributed by atoms with Gasteiger partial charge in [0.05, 0.1) is 8.86 Å². The van der Waals surface area contributed by atoms with Crippen LogP contribution in [-0.4, -0.2) is 11.8 Å². The Morgan fingerprint density at radius 2 is 2.08 bits per heavy atom. The van der Waals surface area contributed by atoms with Gasteiger partial charge in [-0.1, -0.05) is 30.3 Å². The SMILES string of the molecule is O=C(C=[PH2+])OCc1ccccc1. The molecule has 2 nitrogen and oxygen atoms in total. The van der Waals surface area contributed by atoms with Crippen LogP contribution in [0.25, 0.3) is 0 Å². The van der Waals surface area contributed by atoms with E-state index in [4.69, 9.17) is 4.74 Å². The molecule has 1 aromatic rings. The Kier molecular flexibility index (Phi) is 3.49. The first-order valence-electron chi connectivity index (χ1n) is 3.58. The molecule has 12 heavy (non-hydrogen) atoms. The maximum absolute atomic E-state index is 10.7. The molecule has 0 N–H and O–H groups in total. The first-order chi connectivity index (χ1) is 5.83. The molecule has 0 spiro atoms. The van der Waals surface area contributed by atoms with Gasteiger partial charge in [-0.15, -0.1) is 0 Å². The summed E-state index contributed by atoms with van der Waals surface area (Å²) < 4.78 is 4.86. The van der Waals surface area contributed by atoms with E-state index in [0.29, 0.717) is 6.61 Å². The lowest BCUT2D eigenvalue weighted by Gasteiger charge is -1.99. The second-order valence-electron chi connectivity index (χ2n) is 2.26. The molecule has 0 bridgehead atoms. The highest BCUT2D eigenvalue weighted by atomic mass is 31.0. The Balaban J connectivity index is 2.43. The molecule has 0 aliphatic heterocycles. The van der Waals surface area contributed by atoms with Crippen molar-refractivity contribution in [1.82, 2.24) is 0 Å². The third-order valence-corrected chi connectivity index (χ3v) is 1.63. The van der Waals surface area contributed by atoms with Gasteiger partial charge in [-0.25, -0.2) is 4.79 Å². The number of hydrogen-bond donors (Lipinski definition) is 0. The fourth-order valence-corrected chi connectivity index (χ4v) is 0.873. The third kappa shape index (κ3) is 2.85. The van der Waals surface area contributed by atoms with Gasteiger partial charge >= 0.3 is 5.97 Å². The van der Waals surface area contributed by atoms with Crippen molar-refractivity contribution in [3.05, 3.63) is 35.9 Å². The summed E-state index contributed by atoms with van der Waals surface area (Å²) in [5.74, 6) is 1.01. The average Bonchev–Trinajstić information content (AvgIpc) is 2.16. The zero-order valence-electron chi connectivity index (χ0n) is 6.57. The first-order valence-corrected chi connectivity index (χ1v) is 4.25. The predicted molar refractivity (Wildman–Crippen MR) is 52.0 cm³/mol. The minimum Gasteiger partial charge on any atom is -0.455 e. The summed E-state index contributed by atoms with van der Waals surface area (Å²) in [4.78, 5) is 10.7. The summed E-state index contributed by atoms with van der Waals surface area (Å²) in [6, 6.07) is 9.57. The van der Waals surface area contributed by atoms with Crippen molar-refractivity contribution < 1.29 is 9.53 Å². The zero-order valence-corrected chi connectivity index (χ0v) is 7.72. The van der Waals surface area contributed by atoms with Crippen LogP contribution in [0.3, 0.4) is 0 Å². The molecule has 0 amide bonds. The minimum absolute atomic E-state index is 0.316. The molecule has 1 atom stereocenters. The van der Waals surface area contributed by atoms with Crippen LogP contribution in [0.15, 0.2) is 30.3 Å². The number of ether oxygens (including phenoxy) is 1. The largest absolute Gasteiger partial charge is 0.455 e. The summed E-state index contributed by atoms with van der Waals surface area (Å²) in [7, 11) is 2.21. The fourth-order valence-electron chi connectivity index (χ4n) is 0.777. The highest BCUT2D eigenvalue weighted by molar-refractivity contribution is 7.21. The average molecular weight is 181 g/mol. The Hall–Kier alpha value is -1.14. The van der Waals surface area contributed by atoms with Crippen LogP contribution in [0.2, 0.25) is 0 Å². The molecule has 0 fully saturated rings. The molecular weight excluding hydrogens is 171 g/mol. The van der Waals surface area contributed by atoms with E-state index in [1.54, 1.807) is 0 Å². The van der Waals surface area contributed by atoms with Crippen molar-refractivity contribution in [3.8, 4) is 0 Å². The molecule has 62 valence electrons. The van der Waals surface area contributed by atoms with E-state index < -0.39 is 0 Å². The number of rotatable bonds is 3. The van der Waals surface area contributed by atoms with Gasteiger partial charge in [0, 0.05) is 0 Å².